The van der Waals surface area contributed by atoms with E-state index in [0.717, 1.165) is 6.54 Å². The molecule has 0 bridgehead atoms. The third-order valence-corrected chi connectivity index (χ3v) is 3.14. The van der Waals surface area contributed by atoms with E-state index in [1.807, 2.05) is 0 Å². The topological polar surface area (TPSA) is 70.6 Å². The molecule has 1 fully saturated rings. The van der Waals surface area contributed by atoms with Gasteiger partial charge in [-0.25, -0.2) is 4.79 Å². The second-order valence-corrected chi connectivity index (χ2v) is 4.14. The number of carbonyl (C=O) groups is 1. The Kier molecular flexibility index (Phi) is 1.85. The fourth-order valence-corrected chi connectivity index (χ4v) is 2.46. The molecule has 5 heteroatoms. The lowest BCUT2D eigenvalue weighted by molar-refractivity contribution is 0.0260. The largest absolute Gasteiger partial charge is 0.507 e. The van der Waals surface area contributed by atoms with Gasteiger partial charge in [0.1, 0.15) is 5.75 Å². The third kappa shape index (κ3) is 1.18. The number of amides is 1. The number of benzene rings is 1. The van der Waals surface area contributed by atoms with Crippen molar-refractivity contribution in [3.8, 4) is 5.75 Å². The molecule has 3 N–H and O–H groups in total. The summed E-state index contributed by atoms with van der Waals surface area (Å²) in [6.45, 7) is 1.33. The van der Waals surface area contributed by atoms with E-state index in [4.69, 9.17) is 4.74 Å². The second-order valence-electron chi connectivity index (χ2n) is 4.14. The average molecular weight is 220 g/mol. The highest BCUT2D eigenvalue weighted by molar-refractivity contribution is 5.89. The summed E-state index contributed by atoms with van der Waals surface area (Å²) >= 11 is 0. The molecule has 1 saturated heterocycles. The molecule has 16 heavy (non-hydrogen) atoms. The molecule has 1 spiro atoms. The molecular weight excluding hydrogens is 208 g/mol. The van der Waals surface area contributed by atoms with Crippen LogP contribution in [0.2, 0.25) is 0 Å². The molecule has 1 amide bonds. The highest BCUT2D eigenvalue weighted by Gasteiger charge is 2.46. The van der Waals surface area contributed by atoms with Gasteiger partial charge in [0.25, 0.3) is 0 Å². The monoisotopic (exact) mass is 220 g/mol. The highest BCUT2D eigenvalue weighted by atomic mass is 16.6. The van der Waals surface area contributed by atoms with Crippen LogP contribution in [0, 0.1) is 0 Å². The molecule has 0 aromatic heterocycles. The lowest BCUT2D eigenvalue weighted by Gasteiger charge is -2.35. The van der Waals surface area contributed by atoms with E-state index >= 15 is 0 Å². The lowest BCUT2D eigenvalue weighted by atomic mass is 9.89. The zero-order chi connectivity index (χ0) is 11.2. The van der Waals surface area contributed by atoms with Gasteiger partial charge in [-0.1, -0.05) is 6.07 Å². The maximum Gasteiger partial charge on any atom is 0.412 e. The summed E-state index contributed by atoms with van der Waals surface area (Å²) in [5.74, 6) is 0.168. The Balaban J connectivity index is 2.20. The number of ether oxygens (including phenoxy) is 1. The summed E-state index contributed by atoms with van der Waals surface area (Å²) in [5.41, 5.74) is 0.614. The second kappa shape index (κ2) is 3.12. The number of phenols is 1. The quantitative estimate of drug-likeness (QED) is 0.613. The Morgan fingerprint density at radius 1 is 1.44 bits per heavy atom. The number of phenolic OH excluding ortho intramolecular Hbond substituents is 1. The minimum Gasteiger partial charge on any atom is -0.507 e. The van der Waals surface area contributed by atoms with Crippen LogP contribution in [-0.2, 0) is 10.3 Å². The maximum absolute atomic E-state index is 11.5. The van der Waals surface area contributed by atoms with Crippen molar-refractivity contribution in [1.29, 1.82) is 0 Å². The van der Waals surface area contributed by atoms with Gasteiger partial charge in [0.05, 0.1) is 11.3 Å². The third-order valence-electron chi connectivity index (χ3n) is 3.14. The fourth-order valence-electron chi connectivity index (χ4n) is 2.46. The van der Waals surface area contributed by atoms with Crippen molar-refractivity contribution in [1.82, 2.24) is 5.32 Å². The molecule has 0 radical (unpaired) electrons. The van der Waals surface area contributed by atoms with Crippen molar-refractivity contribution >= 4 is 11.8 Å². The van der Waals surface area contributed by atoms with Crippen molar-refractivity contribution < 1.29 is 14.6 Å². The van der Waals surface area contributed by atoms with E-state index in [0.29, 0.717) is 24.2 Å². The molecule has 1 unspecified atom stereocenters. The van der Waals surface area contributed by atoms with Gasteiger partial charge in [0.15, 0.2) is 5.60 Å². The number of fused-ring (bicyclic) bond motifs is 2. The number of rotatable bonds is 0. The van der Waals surface area contributed by atoms with Crippen molar-refractivity contribution in [3.05, 3.63) is 23.8 Å². The van der Waals surface area contributed by atoms with Gasteiger partial charge < -0.3 is 15.2 Å². The number of aromatic hydroxyl groups is 1. The number of carbonyl (C=O) groups excluding carboxylic acids is 1. The first-order valence-electron chi connectivity index (χ1n) is 5.24. The Morgan fingerprint density at radius 3 is 3.06 bits per heavy atom. The molecule has 1 aromatic rings. The zero-order valence-electron chi connectivity index (χ0n) is 8.62. The number of nitrogens with one attached hydrogen (secondary N) is 2. The zero-order valence-corrected chi connectivity index (χ0v) is 8.62. The van der Waals surface area contributed by atoms with E-state index in [1.54, 1.807) is 18.2 Å². The molecule has 5 nitrogen and oxygen atoms in total. The maximum atomic E-state index is 11.5. The Labute approximate surface area is 92.4 Å². The molecule has 1 atom stereocenters. The van der Waals surface area contributed by atoms with Gasteiger partial charge in [-0.15, -0.1) is 0 Å². The summed E-state index contributed by atoms with van der Waals surface area (Å²) in [6.07, 6.45) is 0.229. The van der Waals surface area contributed by atoms with E-state index < -0.39 is 11.7 Å². The normalized spacial score (nSPS) is 27.4. The molecule has 3 rings (SSSR count). The van der Waals surface area contributed by atoms with Crippen LogP contribution < -0.4 is 10.6 Å². The van der Waals surface area contributed by atoms with Crippen molar-refractivity contribution in [2.45, 2.75) is 12.0 Å². The fraction of sp³-hybridized carbons (Fsp3) is 0.364. The highest BCUT2D eigenvalue weighted by Crippen LogP contribution is 2.44. The molecule has 2 heterocycles. The molecule has 84 valence electrons. The van der Waals surface area contributed by atoms with E-state index in [-0.39, 0.29) is 5.75 Å². The van der Waals surface area contributed by atoms with Gasteiger partial charge in [-0.05, 0) is 18.7 Å². The first-order valence-corrected chi connectivity index (χ1v) is 5.24. The molecule has 0 saturated carbocycles. The average Bonchev–Trinajstić information content (AvgIpc) is 2.66. The van der Waals surface area contributed by atoms with Crippen LogP contribution in [0.1, 0.15) is 12.0 Å². The summed E-state index contributed by atoms with van der Waals surface area (Å²) in [5, 5.41) is 15.7. The van der Waals surface area contributed by atoms with E-state index in [2.05, 4.69) is 10.6 Å². The number of hydrogen-bond donors (Lipinski definition) is 3. The first kappa shape index (κ1) is 9.47. The summed E-state index contributed by atoms with van der Waals surface area (Å²) in [6, 6.07) is 5.09. The summed E-state index contributed by atoms with van der Waals surface area (Å²) in [7, 11) is 0. The molecule has 1 aromatic carbocycles. The van der Waals surface area contributed by atoms with E-state index in [9.17, 15) is 9.90 Å². The van der Waals surface area contributed by atoms with Crippen LogP contribution >= 0.6 is 0 Å². The van der Waals surface area contributed by atoms with Crippen LogP contribution in [0.5, 0.6) is 5.75 Å². The van der Waals surface area contributed by atoms with Crippen molar-refractivity contribution in [3.63, 3.8) is 0 Å². The molecule has 2 aliphatic heterocycles. The van der Waals surface area contributed by atoms with Gasteiger partial charge in [-0.3, -0.25) is 5.32 Å². The first-order chi connectivity index (χ1) is 7.71. The SMILES string of the molecule is O=C1Nc2cccc(O)c2C2(CCNC2)O1. The van der Waals surface area contributed by atoms with Gasteiger partial charge in [0.2, 0.25) is 0 Å². The Morgan fingerprint density at radius 2 is 2.31 bits per heavy atom. The van der Waals surface area contributed by atoms with Crippen LogP contribution in [0.4, 0.5) is 10.5 Å². The van der Waals surface area contributed by atoms with E-state index in [1.165, 1.54) is 0 Å². The van der Waals surface area contributed by atoms with Crippen molar-refractivity contribution in [2.75, 3.05) is 18.4 Å². The molecular formula is C11H12N2O3. The summed E-state index contributed by atoms with van der Waals surface area (Å²) in [4.78, 5) is 11.5. The minimum absolute atomic E-state index is 0.168. The smallest absolute Gasteiger partial charge is 0.412 e. The van der Waals surface area contributed by atoms with Crippen LogP contribution in [0.15, 0.2) is 18.2 Å². The van der Waals surface area contributed by atoms with Crippen molar-refractivity contribution in [2.24, 2.45) is 0 Å². The van der Waals surface area contributed by atoms with Crippen LogP contribution in [-0.4, -0.2) is 24.3 Å². The van der Waals surface area contributed by atoms with Gasteiger partial charge in [0, 0.05) is 13.0 Å². The standard InChI is InChI=1S/C11H12N2O3/c14-8-3-1-2-7-9(8)11(4-5-12-6-11)16-10(15)13-7/h1-3,12,14H,4-6H2,(H,13,15). The molecule has 0 aliphatic carbocycles. The number of hydrogen-bond acceptors (Lipinski definition) is 4. The molecule has 2 aliphatic rings. The Hall–Kier alpha value is -1.75. The number of anilines is 1. The summed E-state index contributed by atoms with van der Waals surface area (Å²) < 4.78 is 5.37. The minimum atomic E-state index is -0.705. The van der Waals surface area contributed by atoms with Gasteiger partial charge in [-0.2, -0.15) is 0 Å². The predicted octanol–water partition coefficient (Wildman–Crippen LogP) is 1.14. The Bertz CT molecular complexity index is 453. The van der Waals surface area contributed by atoms with Crippen LogP contribution in [0.3, 0.4) is 0 Å². The lowest BCUT2D eigenvalue weighted by Crippen LogP contribution is -2.41. The van der Waals surface area contributed by atoms with Crippen LogP contribution in [0.25, 0.3) is 0 Å². The predicted molar refractivity (Wildman–Crippen MR) is 57.4 cm³/mol. The van der Waals surface area contributed by atoms with Gasteiger partial charge >= 0.3 is 6.09 Å².